The average molecular weight is 454 g/mol. The van der Waals surface area contributed by atoms with Crippen LogP contribution >= 0.6 is 0 Å². The van der Waals surface area contributed by atoms with Crippen LogP contribution in [0.3, 0.4) is 0 Å². The monoisotopic (exact) mass is 455 g/mol. The molecule has 2 radical (unpaired) electrons. The molecule has 30 heavy (non-hydrogen) atoms. The second-order valence-corrected chi connectivity index (χ2v) is 13.1. The minimum atomic E-state index is -1.63. The molecule has 0 spiro atoms. The van der Waals surface area contributed by atoms with Crippen molar-refractivity contribution in [3.8, 4) is 0 Å². The average Bonchev–Trinajstić information content (AvgIpc) is 2.79. The van der Waals surface area contributed by atoms with E-state index in [1.165, 1.54) is 13.2 Å². The Bertz CT molecular complexity index is 778. The molecule has 150 valence electrons. The van der Waals surface area contributed by atoms with Gasteiger partial charge in [0.05, 0.1) is 0 Å². The van der Waals surface area contributed by atoms with E-state index >= 15 is 0 Å². The van der Waals surface area contributed by atoms with Crippen molar-refractivity contribution in [2.45, 2.75) is 13.6 Å². The van der Waals surface area contributed by atoms with E-state index in [9.17, 15) is 0 Å². The Kier molecular flexibility index (Phi) is 8.46. The molecule has 1 aliphatic heterocycles. The summed E-state index contributed by atoms with van der Waals surface area (Å²) in [4.78, 5) is 0. The summed E-state index contributed by atoms with van der Waals surface area (Å²) in [7, 11) is 8.50. The Morgan fingerprint density at radius 1 is 0.567 bits per heavy atom. The van der Waals surface area contributed by atoms with Gasteiger partial charge in [0, 0.05) is 0 Å². The van der Waals surface area contributed by atoms with Crippen molar-refractivity contribution in [3.63, 3.8) is 0 Å². The van der Waals surface area contributed by atoms with Crippen molar-refractivity contribution in [2.24, 2.45) is 0 Å². The zero-order valence-electron chi connectivity index (χ0n) is 18.7. The van der Waals surface area contributed by atoms with Crippen LogP contribution in [0.4, 0.5) is 0 Å². The minimum absolute atomic E-state index is 0.501. The number of hydrogen-bond donors (Lipinski definition) is 0. The molecule has 0 N–H and O–H groups in total. The van der Waals surface area contributed by atoms with Gasteiger partial charge in [0.25, 0.3) is 21.5 Å². The van der Waals surface area contributed by atoms with Crippen LogP contribution in [-0.2, 0) is 0 Å². The first-order valence-corrected chi connectivity index (χ1v) is 13.7. The topological polar surface area (TPSA) is 9.72 Å². The fourth-order valence-corrected chi connectivity index (χ4v) is 9.09. The maximum atomic E-state index is 2.33. The molecule has 3 aromatic carbocycles. The first-order valence-electron chi connectivity index (χ1n) is 10.5. The van der Waals surface area contributed by atoms with Crippen molar-refractivity contribution < 1.29 is 0 Å². The van der Waals surface area contributed by atoms with Gasteiger partial charge in [-0.1, -0.05) is 13.6 Å². The Balaban J connectivity index is 0.000000199. The molecule has 3 aromatic rings. The molecule has 1 saturated heterocycles. The van der Waals surface area contributed by atoms with E-state index in [0.29, 0.717) is 14.0 Å². The molecule has 1 fully saturated rings. The Morgan fingerprint density at radius 3 is 1.17 bits per heavy atom. The Morgan fingerprint density at radius 2 is 0.867 bits per heavy atom. The second kappa shape index (κ2) is 11.1. The van der Waals surface area contributed by atoms with E-state index in [2.05, 4.69) is 147 Å². The van der Waals surface area contributed by atoms with Crippen LogP contribution in [0.1, 0.15) is 0 Å². The standard InChI is InChI=1S/C18H15Ge.C5H15B3N3/c1-4-10-16(11-5-1)19(17-12-6-2-7-13-17)18-14-8-3-9-15-18;1-7-9(3)6-10(4)8(2)11(7)5/h1-15H;1-5H3. The number of benzene rings is 3. The fraction of sp³-hybridized carbons (Fsp3) is 0.217. The van der Waals surface area contributed by atoms with Crippen molar-refractivity contribution in [2.75, 3.05) is 21.1 Å². The van der Waals surface area contributed by atoms with Crippen LogP contribution in [0, 0.1) is 0 Å². The maximum absolute atomic E-state index is 2.33. The fourth-order valence-electron chi connectivity index (χ4n) is 3.68. The summed E-state index contributed by atoms with van der Waals surface area (Å²) >= 11 is -1.63. The van der Waals surface area contributed by atoms with Crippen LogP contribution in [-0.4, -0.2) is 71.2 Å². The summed E-state index contributed by atoms with van der Waals surface area (Å²) in [5.74, 6) is 0. The first kappa shape index (κ1) is 23.0. The van der Waals surface area contributed by atoms with Gasteiger partial charge < -0.3 is 14.2 Å². The SMILES string of the molecule is CB1N(C)[B]N(C)B(C)N1C.c1cc[c]([Ge]([c]2ccccc2)[c]2ccccc2)cc1. The Labute approximate surface area is 188 Å². The molecule has 3 nitrogen and oxygen atoms in total. The predicted molar refractivity (Wildman–Crippen MR) is 136 cm³/mol. The summed E-state index contributed by atoms with van der Waals surface area (Å²) in [5, 5.41) is 0. The molecule has 7 heteroatoms. The van der Waals surface area contributed by atoms with Gasteiger partial charge in [-0.05, 0) is 21.1 Å². The molecule has 0 aliphatic carbocycles. The van der Waals surface area contributed by atoms with E-state index in [1.807, 2.05) is 0 Å². The summed E-state index contributed by atoms with van der Waals surface area (Å²) in [6.45, 7) is 5.42. The predicted octanol–water partition coefficient (Wildman–Crippen LogP) is 1.77. The summed E-state index contributed by atoms with van der Waals surface area (Å²) in [6.07, 6.45) is 0. The number of nitrogens with zero attached hydrogens (tertiary/aromatic N) is 3. The van der Waals surface area contributed by atoms with Gasteiger partial charge in [-0.3, -0.25) is 0 Å². The van der Waals surface area contributed by atoms with E-state index in [4.69, 9.17) is 0 Å². The normalized spacial score (nSPS) is 15.5. The van der Waals surface area contributed by atoms with Crippen LogP contribution in [0.15, 0.2) is 91.0 Å². The third-order valence-electron chi connectivity index (χ3n) is 5.91. The van der Waals surface area contributed by atoms with Gasteiger partial charge in [-0.15, -0.1) is 0 Å². The zero-order chi connectivity index (χ0) is 21.5. The van der Waals surface area contributed by atoms with E-state index in [1.54, 1.807) is 0 Å². The van der Waals surface area contributed by atoms with Crippen molar-refractivity contribution in [1.82, 2.24) is 14.2 Å². The zero-order valence-corrected chi connectivity index (χ0v) is 20.8. The van der Waals surface area contributed by atoms with Crippen LogP contribution in [0.2, 0.25) is 13.6 Å². The van der Waals surface area contributed by atoms with Crippen molar-refractivity contribution >= 4 is 49.1 Å². The van der Waals surface area contributed by atoms with Gasteiger partial charge in [-0.2, -0.15) is 0 Å². The van der Waals surface area contributed by atoms with Gasteiger partial charge in [0.2, 0.25) is 0 Å². The molecule has 0 bridgehead atoms. The molecule has 4 rings (SSSR count). The summed E-state index contributed by atoms with van der Waals surface area (Å²) < 4.78 is 11.2. The van der Waals surface area contributed by atoms with Crippen LogP contribution < -0.4 is 13.2 Å². The van der Waals surface area contributed by atoms with E-state index in [0.717, 1.165) is 0 Å². The number of rotatable bonds is 3. The molecule has 0 amide bonds. The van der Waals surface area contributed by atoms with Crippen molar-refractivity contribution in [1.29, 1.82) is 0 Å². The van der Waals surface area contributed by atoms with Gasteiger partial charge in [-0.25, -0.2) is 0 Å². The summed E-state index contributed by atoms with van der Waals surface area (Å²) in [5.41, 5.74) is 0. The Hall–Kier alpha value is -1.72. The van der Waals surface area contributed by atoms with Crippen molar-refractivity contribution in [3.05, 3.63) is 91.0 Å². The molecule has 0 unspecified atom stereocenters. The first-order chi connectivity index (χ1) is 14.5. The van der Waals surface area contributed by atoms with Gasteiger partial charge >= 0.3 is 119 Å². The molecular weight excluding hydrogens is 423 g/mol. The molecule has 0 saturated carbocycles. The van der Waals surface area contributed by atoms with Gasteiger partial charge in [0.1, 0.15) is 0 Å². The quantitative estimate of drug-likeness (QED) is 0.560. The molecule has 1 heterocycles. The van der Waals surface area contributed by atoms with Gasteiger partial charge in [0.15, 0.2) is 0 Å². The van der Waals surface area contributed by atoms with Crippen LogP contribution in [0.5, 0.6) is 0 Å². The third-order valence-corrected chi connectivity index (χ3v) is 11.6. The molecule has 0 aromatic heterocycles. The second-order valence-electron chi connectivity index (χ2n) is 7.85. The van der Waals surface area contributed by atoms with E-state index < -0.39 is 14.3 Å². The van der Waals surface area contributed by atoms with E-state index in [-0.39, 0.29) is 0 Å². The molecular formula is C23H30B3GeN3. The molecule has 1 aliphatic rings. The number of hydrogen-bond acceptors (Lipinski definition) is 3. The summed E-state index contributed by atoms with van der Waals surface area (Å²) in [6, 6.07) is 32.8. The van der Waals surface area contributed by atoms with Crippen LogP contribution in [0.25, 0.3) is 0 Å². The third kappa shape index (κ3) is 5.70. The molecule has 0 atom stereocenters.